The number of ether oxygens (including phenoxy) is 1. The van der Waals surface area contributed by atoms with Crippen LogP contribution >= 0.6 is 0 Å². The third-order valence-corrected chi connectivity index (χ3v) is 1.80. The van der Waals surface area contributed by atoms with Crippen molar-refractivity contribution in [1.29, 1.82) is 0 Å². The molecule has 0 aromatic carbocycles. The second-order valence-corrected chi connectivity index (χ2v) is 2.64. The number of carbonyl (C=O) groups is 1. The van der Waals surface area contributed by atoms with Crippen molar-refractivity contribution in [3.8, 4) is 5.75 Å². The van der Waals surface area contributed by atoms with Crippen LogP contribution in [0.25, 0.3) is 0 Å². The molecule has 4 heteroatoms. The van der Waals surface area contributed by atoms with Crippen molar-refractivity contribution in [1.82, 2.24) is 9.88 Å². The predicted molar refractivity (Wildman–Crippen MR) is 53.2 cm³/mol. The van der Waals surface area contributed by atoms with Crippen LogP contribution in [0.3, 0.4) is 0 Å². The topological polar surface area (TPSA) is 42.4 Å². The number of nitrogens with zero attached hydrogens (tertiary/aromatic N) is 2. The molecule has 14 heavy (non-hydrogen) atoms. The third kappa shape index (κ3) is 2.73. The lowest BCUT2D eigenvalue weighted by Gasteiger charge is -2.17. The van der Waals surface area contributed by atoms with E-state index < -0.39 is 6.09 Å². The van der Waals surface area contributed by atoms with Crippen molar-refractivity contribution >= 4 is 6.09 Å². The van der Waals surface area contributed by atoms with Crippen LogP contribution in [0.5, 0.6) is 5.75 Å². The first-order valence-electron chi connectivity index (χ1n) is 5.06. The number of hydrogen-bond donors (Lipinski definition) is 0. The van der Waals surface area contributed by atoms with Gasteiger partial charge in [-0.1, -0.05) is 0 Å². The molecular formula is C10H14N2O2. The molecule has 0 unspecified atom stereocenters. The average Bonchev–Trinajstić information content (AvgIpc) is 2.23. The van der Waals surface area contributed by atoms with Crippen LogP contribution in [0.2, 0.25) is 0 Å². The molecular weight excluding hydrogens is 180 g/mol. The lowest BCUT2D eigenvalue weighted by atomic mass is 10.5. The van der Waals surface area contributed by atoms with Crippen LogP contribution in [-0.2, 0) is 0 Å². The molecule has 1 aromatic heterocycles. The highest BCUT2D eigenvalue weighted by molar-refractivity contribution is 5.70. The minimum absolute atomic E-state index is 0.158. The van der Waals surface area contributed by atoms with Crippen molar-refractivity contribution in [2.75, 3.05) is 13.1 Å². The molecule has 1 rings (SSSR count). The van der Waals surface area contributed by atoms with E-state index in [2.05, 4.69) is 4.98 Å². The molecule has 0 radical (unpaired) electrons. The fourth-order valence-electron chi connectivity index (χ4n) is 1.01. The summed E-state index contributed by atoms with van der Waals surface area (Å²) in [7, 11) is 0. The maximum absolute atomic E-state index is 11.5. The summed E-state index contributed by atoms with van der Waals surface area (Å²) in [6, 6.07) is 1.63. The van der Waals surface area contributed by atoms with Crippen molar-refractivity contribution in [3.63, 3.8) is 0 Å². The fourth-order valence-corrected chi connectivity index (χ4v) is 1.01. The smallest absolute Gasteiger partial charge is 0.409 e. The molecule has 0 saturated carbocycles. The molecule has 0 aliphatic rings. The summed E-state index contributed by atoms with van der Waals surface area (Å²) in [5, 5.41) is 0. The van der Waals surface area contributed by atoms with Crippen LogP contribution in [0, 0.1) is 0 Å². The van der Waals surface area contributed by atoms with Gasteiger partial charge in [0.2, 0.25) is 0 Å². The molecule has 4 nitrogen and oxygen atoms in total. The van der Waals surface area contributed by atoms with Crippen molar-refractivity contribution in [2.24, 2.45) is 0 Å². The van der Waals surface area contributed by atoms with E-state index in [1.54, 1.807) is 0 Å². The summed E-state index contributed by atoms with van der Waals surface area (Å²) in [5.74, 6) is 0.189. The van der Waals surface area contributed by atoms with Crippen molar-refractivity contribution in [2.45, 2.75) is 13.8 Å². The Morgan fingerprint density at radius 3 is 2.93 bits per heavy atom. The van der Waals surface area contributed by atoms with Crippen LogP contribution in [0.1, 0.15) is 15.2 Å². The fraction of sp³-hybridized carbons (Fsp3) is 0.400. The number of pyridine rings is 1. The molecule has 1 aromatic rings. The van der Waals surface area contributed by atoms with Crippen LogP contribution in [0.15, 0.2) is 24.5 Å². The Kier molecular flexibility index (Phi) is 3.35. The molecule has 0 spiro atoms. The number of rotatable bonds is 3. The van der Waals surface area contributed by atoms with E-state index in [1.165, 1.54) is 23.4 Å². The highest BCUT2D eigenvalue weighted by Gasteiger charge is 2.11. The predicted octanol–water partition coefficient (Wildman–Crippen LogP) is 1.92. The number of hydrogen-bond acceptors (Lipinski definition) is 3. The van der Waals surface area contributed by atoms with E-state index in [0.717, 1.165) is 0 Å². The van der Waals surface area contributed by atoms with Gasteiger partial charge in [-0.15, -0.1) is 0 Å². The van der Waals surface area contributed by atoms with Gasteiger partial charge < -0.3 is 9.64 Å². The molecule has 0 saturated heterocycles. The Bertz CT molecular complexity index is 340. The summed E-state index contributed by atoms with van der Waals surface area (Å²) >= 11 is 0. The molecule has 1 heterocycles. The lowest BCUT2D eigenvalue weighted by molar-refractivity contribution is 0.157. The highest BCUT2D eigenvalue weighted by atomic mass is 16.6. The van der Waals surface area contributed by atoms with Gasteiger partial charge in [-0.25, -0.2) is 4.79 Å². The Labute approximate surface area is 84.9 Å². The third-order valence-electron chi connectivity index (χ3n) is 1.80. The van der Waals surface area contributed by atoms with Crippen LogP contribution < -0.4 is 4.74 Å². The summed E-state index contributed by atoms with van der Waals surface area (Å²) in [6.07, 6.45) is 2.40. The molecule has 0 atom stereocenters. The maximum atomic E-state index is 11.5. The minimum atomic E-state index is -0.443. The van der Waals surface area contributed by atoms with Crippen LogP contribution in [0.4, 0.5) is 4.79 Å². The maximum Gasteiger partial charge on any atom is 0.415 e. The standard InChI is InChI=1S/C10H14N2O2/c1-3-12(4-2)10(13)14-9-6-5-7-11-8-9/h5-8H,3-4H2,1-2H3/i6D. The first-order chi connectivity index (χ1) is 7.19. The Morgan fingerprint density at radius 2 is 2.36 bits per heavy atom. The zero-order valence-electron chi connectivity index (χ0n) is 9.36. The Morgan fingerprint density at radius 1 is 1.64 bits per heavy atom. The van der Waals surface area contributed by atoms with Crippen molar-refractivity contribution < 1.29 is 10.9 Å². The van der Waals surface area contributed by atoms with E-state index in [4.69, 9.17) is 6.11 Å². The number of aromatic nitrogens is 1. The quantitative estimate of drug-likeness (QED) is 0.740. The van der Waals surface area contributed by atoms with E-state index in [9.17, 15) is 4.79 Å². The van der Waals surface area contributed by atoms with Gasteiger partial charge in [-0.3, -0.25) is 4.98 Å². The van der Waals surface area contributed by atoms with E-state index in [-0.39, 0.29) is 11.8 Å². The Hall–Kier alpha value is -1.58. The van der Waals surface area contributed by atoms with E-state index >= 15 is 0 Å². The van der Waals surface area contributed by atoms with Gasteiger partial charge in [0.15, 0.2) is 5.75 Å². The minimum Gasteiger partial charge on any atom is -0.409 e. The zero-order valence-corrected chi connectivity index (χ0v) is 8.36. The van der Waals surface area contributed by atoms with Gasteiger partial charge in [-0.2, -0.15) is 0 Å². The largest absolute Gasteiger partial charge is 0.415 e. The molecule has 1 amide bonds. The van der Waals surface area contributed by atoms with E-state index in [0.29, 0.717) is 13.1 Å². The SMILES string of the molecule is [2H]c1ccncc1OC(=O)N(CC)CC. The van der Waals surface area contributed by atoms with Crippen molar-refractivity contribution in [3.05, 3.63) is 24.5 Å². The molecule has 0 fully saturated rings. The van der Waals surface area contributed by atoms with E-state index in [1.807, 2.05) is 13.8 Å². The molecule has 76 valence electrons. The van der Waals surface area contributed by atoms with Crippen LogP contribution in [-0.4, -0.2) is 29.1 Å². The first kappa shape index (κ1) is 8.99. The zero-order chi connectivity index (χ0) is 11.3. The lowest BCUT2D eigenvalue weighted by Crippen LogP contribution is -2.33. The molecule has 0 N–H and O–H groups in total. The number of amides is 1. The molecule has 0 aliphatic heterocycles. The van der Waals surface area contributed by atoms with Gasteiger partial charge in [0.05, 0.1) is 7.57 Å². The average molecular weight is 195 g/mol. The summed E-state index contributed by atoms with van der Waals surface area (Å²) < 4.78 is 12.5. The second kappa shape index (κ2) is 5.21. The van der Waals surface area contributed by atoms with Gasteiger partial charge in [0.25, 0.3) is 0 Å². The molecule has 0 bridgehead atoms. The number of carbonyl (C=O) groups excluding carboxylic acids is 1. The van der Waals surface area contributed by atoms with Gasteiger partial charge in [0.1, 0.15) is 0 Å². The summed E-state index contributed by atoms with van der Waals surface area (Å²) in [6.45, 7) is 4.91. The monoisotopic (exact) mass is 195 g/mol. The van der Waals surface area contributed by atoms with Gasteiger partial charge in [-0.05, 0) is 26.0 Å². The Balaban J connectivity index is 2.70. The highest BCUT2D eigenvalue weighted by Crippen LogP contribution is 2.07. The summed E-state index contributed by atoms with van der Waals surface area (Å²) in [5.41, 5.74) is 0. The normalized spacial score (nSPS) is 10.6. The van der Waals surface area contributed by atoms with Gasteiger partial charge >= 0.3 is 6.09 Å². The van der Waals surface area contributed by atoms with Gasteiger partial charge in [0, 0.05) is 19.3 Å². The second-order valence-electron chi connectivity index (χ2n) is 2.64. The summed E-state index contributed by atoms with van der Waals surface area (Å²) in [4.78, 5) is 16.8. The molecule has 0 aliphatic carbocycles. The first-order valence-corrected chi connectivity index (χ1v) is 4.56.